The molecule has 0 spiro atoms. The van der Waals surface area contributed by atoms with Crippen LogP contribution < -0.4 is 0 Å². The van der Waals surface area contributed by atoms with Crippen LogP contribution in [0.4, 0.5) is 0 Å². The van der Waals surface area contributed by atoms with Crippen LogP contribution in [0.15, 0.2) is 42.7 Å². The molecule has 1 aliphatic heterocycles. The number of benzene rings is 1. The molecule has 106 valence electrons. The SMILES string of the molecule is OC(CCC1CCCO1)c1cnn(-c2ccccc2)c1. The highest BCUT2D eigenvalue weighted by atomic mass is 16.5. The zero-order chi connectivity index (χ0) is 13.8. The quantitative estimate of drug-likeness (QED) is 0.910. The number of hydrogen-bond acceptors (Lipinski definition) is 3. The first-order valence-electron chi connectivity index (χ1n) is 7.22. The highest BCUT2D eigenvalue weighted by Gasteiger charge is 2.18. The molecular formula is C16H20N2O2. The fourth-order valence-electron chi connectivity index (χ4n) is 2.61. The number of para-hydroxylation sites is 1. The summed E-state index contributed by atoms with van der Waals surface area (Å²) in [5.74, 6) is 0. The molecule has 1 N–H and O–H groups in total. The van der Waals surface area contributed by atoms with Gasteiger partial charge in [-0.1, -0.05) is 18.2 Å². The highest BCUT2D eigenvalue weighted by Crippen LogP contribution is 2.24. The van der Waals surface area contributed by atoms with E-state index in [1.54, 1.807) is 10.9 Å². The fraction of sp³-hybridized carbons (Fsp3) is 0.438. The Morgan fingerprint density at radius 2 is 2.20 bits per heavy atom. The zero-order valence-corrected chi connectivity index (χ0v) is 11.5. The molecule has 2 aromatic rings. The molecule has 1 aromatic carbocycles. The number of aromatic nitrogens is 2. The summed E-state index contributed by atoms with van der Waals surface area (Å²) in [5.41, 5.74) is 1.87. The van der Waals surface area contributed by atoms with Gasteiger partial charge in [0.25, 0.3) is 0 Å². The van der Waals surface area contributed by atoms with Crippen molar-refractivity contribution in [2.75, 3.05) is 6.61 Å². The molecule has 2 heterocycles. The second-order valence-electron chi connectivity index (χ2n) is 5.28. The van der Waals surface area contributed by atoms with Gasteiger partial charge in [0.1, 0.15) is 0 Å². The lowest BCUT2D eigenvalue weighted by Crippen LogP contribution is -2.07. The molecule has 2 atom stereocenters. The summed E-state index contributed by atoms with van der Waals surface area (Å²) in [4.78, 5) is 0. The maximum Gasteiger partial charge on any atom is 0.0821 e. The Balaban J connectivity index is 1.61. The second kappa shape index (κ2) is 6.20. The van der Waals surface area contributed by atoms with E-state index in [0.717, 1.165) is 43.5 Å². The minimum atomic E-state index is -0.461. The van der Waals surface area contributed by atoms with Crippen molar-refractivity contribution in [3.05, 3.63) is 48.3 Å². The molecule has 1 aromatic heterocycles. The normalized spacial score (nSPS) is 20.1. The van der Waals surface area contributed by atoms with E-state index in [1.807, 2.05) is 36.5 Å². The number of hydrogen-bond donors (Lipinski definition) is 1. The second-order valence-corrected chi connectivity index (χ2v) is 5.28. The van der Waals surface area contributed by atoms with Gasteiger partial charge in [-0.05, 0) is 37.8 Å². The lowest BCUT2D eigenvalue weighted by atomic mass is 10.0. The molecule has 20 heavy (non-hydrogen) atoms. The maximum absolute atomic E-state index is 10.2. The van der Waals surface area contributed by atoms with E-state index in [1.165, 1.54) is 0 Å². The van der Waals surface area contributed by atoms with E-state index in [4.69, 9.17) is 4.74 Å². The molecule has 1 fully saturated rings. The molecule has 0 bridgehead atoms. The van der Waals surface area contributed by atoms with Crippen LogP contribution >= 0.6 is 0 Å². The lowest BCUT2D eigenvalue weighted by molar-refractivity contribution is 0.0812. The van der Waals surface area contributed by atoms with E-state index in [2.05, 4.69) is 5.10 Å². The molecule has 0 aliphatic carbocycles. The number of ether oxygens (including phenoxy) is 1. The van der Waals surface area contributed by atoms with Crippen LogP contribution in [0, 0.1) is 0 Å². The Morgan fingerprint density at radius 1 is 1.35 bits per heavy atom. The van der Waals surface area contributed by atoms with Crippen molar-refractivity contribution < 1.29 is 9.84 Å². The summed E-state index contributed by atoms with van der Waals surface area (Å²) in [6.45, 7) is 0.868. The Hall–Kier alpha value is -1.65. The average molecular weight is 272 g/mol. The van der Waals surface area contributed by atoms with Crippen molar-refractivity contribution in [1.29, 1.82) is 0 Å². The van der Waals surface area contributed by atoms with Gasteiger partial charge in [0.05, 0.1) is 24.1 Å². The van der Waals surface area contributed by atoms with Gasteiger partial charge in [-0.15, -0.1) is 0 Å². The topological polar surface area (TPSA) is 47.3 Å². The van der Waals surface area contributed by atoms with Gasteiger partial charge >= 0.3 is 0 Å². The first-order chi connectivity index (χ1) is 9.83. The van der Waals surface area contributed by atoms with E-state index in [0.29, 0.717) is 6.10 Å². The van der Waals surface area contributed by atoms with Gasteiger partial charge < -0.3 is 9.84 Å². The maximum atomic E-state index is 10.2. The molecule has 4 nitrogen and oxygen atoms in total. The van der Waals surface area contributed by atoms with Crippen LogP contribution in [0.3, 0.4) is 0 Å². The Bertz CT molecular complexity index is 532. The average Bonchev–Trinajstić information content (AvgIpc) is 3.17. The molecule has 0 radical (unpaired) electrons. The number of aliphatic hydroxyl groups excluding tert-OH is 1. The van der Waals surface area contributed by atoms with Gasteiger partial charge in [0, 0.05) is 18.4 Å². The first-order valence-corrected chi connectivity index (χ1v) is 7.22. The van der Waals surface area contributed by atoms with Crippen molar-refractivity contribution in [2.24, 2.45) is 0 Å². The van der Waals surface area contributed by atoms with Crippen LogP contribution in [-0.4, -0.2) is 27.6 Å². The predicted octanol–water partition coefficient (Wildman–Crippen LogP) is 2.86. The number of rotatable bonds is 5. The van der Waals surface area contributed by atoms with Gasteiger partial charge in [-0.3, -0.25) is 0 Å². The third-order valence-corrected chi connectivity index (χ3v) is 3.79. The molecular weight excluding hydrogens is 252 g/mol. The van der Waals surface area contributed by atoms with Gasteiger partial charge in [0.2, 0.25) is 0 Å². The van der Waals surface area contributed by atoms with Crippen LogP contribution in [0.25, 0.3) is 5.69 Å². The summed E-state index contributed by atoms with van der Waals surface area (Å²) in [5, 5.41) is 14.5. The Kier molecular flexibility index (Phi) is 4.14. The smallest absolute Gasteiger partial charge is 0.0821 e. The largest absolute Gasteiger partial charge is 0.388 e. The number of nitrogens with zero attached hydrogens (tertiary/aromatic N) is 2. The molecule has 4 heteroatoms. The van der Waals surface area contributed by atoms with Crippen molar-refractivity contribution in [1.82, 2.24) is 9.78 Å². The van der Waals surface area contributed by atoms with Crippen LogP contribution in [0.5, 0.6) is 0 Å². The van der Waals surface area contributed by atoms with Crippen molar-refractivity contribution in [2.45, 2.75) is 37.9 Å². The Labute approximate surface area is 119 Å². The molecule has 1 aliphatic rings. The van der Waals surface area contributed by atoms with Crippen LogP contribution in [0.1, 0.15) is 37.4 Å². The van der Waals surface area contributed by atoms with Gasteiger partial charge in [-0.2, -0.15) is 5.10 Å². The van der Waals surface area contributed by atoms with Crippen molar-refractivity contribution >= 4 is 0 Å². The molecule has 0 amide bonds. The van der Waals surface area contributed by atoms with E-state index in [9.17, 15) is 5.11 Å². The summed E-state index contributed by atoms with van der Waals surface area (Å²) in [6.07, 6.45) is 7.42. The first kappa shape index (κ1) is 13.3. The molecule has 2 unspecified atom stereocenters. The monoisotopic (exact) mass is 272 g/mol. The van der Waals surface area contributed by atoms with Crippen LogP contribution in [0.2, 0.25) is 0 Å². The third-order valence-electron chi connectivity index (χ3n) is 3.79. The van der Waals surface area contributed by atoms with Crippen molar-refractivity contribution in [3.63, 3.8) is 0 Å². The predicted molar refractivity (Wildman–Crippen MR) is 76.7 cm³/mol. The zero-order valence-electron chi connectivity index (χ0n) is 11.5. The molecule has 3 rings (SSSR count). The fourth-order valence-corrected chi connectivity index (χ4v) is 2.61. The summed E-state index contributed by atoms with van der Waals surface area (Å²) in [7, 11) is 0. The third kappa shape index (κ3) is 3.08. The van der Waals surface area contributed by atoms with Crippen molar-refractivity contribution in [3.8, 4) is 5.69 Å². The number of aliphatic hydroxyl groups is 1. The van der Waals surface area contributed by atoms with Crippen LogP contribution in [-0.2, 0) is 4.74 Å². The summed E-state index contributed by atoms with van der Waals surface area (Å²) < 4.78 is 7.38. The van der Waals surface area contributed by atoms with E-state index in [-0.39, 0.29) is 0 Å². The minimum absolute atomic E-state index is 0.328. The van der Waals surface area contributed by atoms with Gasteiger partial charge in [-0.25, -0.2) is 4.68 Å². The minimum Gasteiger partial charge on any atom is -0.388 e. The molecule has 0 saturated carbocycles. The summed E-state index contributed by atoms with van der Waals surface area (Å²) >= 11 is 0. The molecule has 1 saturated heterocycles. The van der Waals surface area contributed by atoms with E-state index >= 15 is 0 Å². The lowest BCUT2D eigenvalue weighted by Gasteiger charge is -2.12. The summed E-state index contributed by atoms with van der Waals surface area (Å²) in [6, 6.07) is 9.92. The van der Waals surface area contributed by atoms with Gasteiger partial charge in [0.15, 0.2) is 0 Å². The standard InChI is InChI=1S/C16H20N2O2/c19-16(9-8-15-7-4-10-20-15)13-11-17-18(12-13)14-5-2-1-3-6-14/h1-3,5-6,11-12,15-16,19H,4,7-10H2. The Morgan fingerprint density at radius 3 is 2.95 bits per heavy atom. The highest BCUT2D eigenvalue weighted by molar-refractivity contribution is 5.31. The van der Waals surface area contributed by atoms with E-state index < -0.39 is 6.10 Å².